The largest absolute Gasteiger partial charge is 0.395 e. The SMILES string of the molecule is O=S(=O)(N[C@H](CO)Cc1ccccc1)c1cc(F)c(F)c(F)c1. The molecule has 0 aliphatic heterocycles. The van der Waals surface area contributed by atoms with E-state index in [1.165, 1.54) is 0 Å². The summed E-state index contributed by atoms with van der Waals surface area (Å²) in [4.78, 5) is -0.750. The van der Waals surface area contributed by atoms with Crippen LogP contribution in [0.1, 0.15) is 5.56 Å². The van der Waals surface area contributed by atoms with Gasteiger partial charge in [0.1, 0.15) is 0 Å². The fourth-order valence-corrected chi connectivity index (χ4v) is 3.27. The van der Waals surface area contributed by atoms with Crippen molar-refractivity contribution in [3.63, 3.8) is 0 Å². The van der Waals surface area contributed by atoms with Crippen molar-refractivity contribution >= 4 is 10.0 Å². The average Bonchev–Trinajstić information content (AvgIpc) is 2.52. The van der Waals surface area contributed by atoms with Gasteiger partial charge in [0, 0.05) is 6.04 Å². The van der Waals surface area contributed by atoms with Crippen LogP contribution in [0.3, 0.4) is 0 Å². The quantitative estimate of drug-likeness (QED) is 0.787. The second-order valence-corrected chi connectivity index (χ2v) is 6.61. The molecule has 2 N–H and O–H groups in total. The van der Waals surface area contributed by atoms with Crippen LogP contribution in [-0.2, 0) is 16.4 Å². The van der Waals surface area contributed by atoms with Gasteiger partial charge in [-0.05, 0) is 24.1 Å². The predicted octanol–water partition coefficient (Wildman–Crippen LogP) is 1.99. The maximum Gasteiger partial charge on any atom is 0.241 e. The van der Waals surface area contributed by atoms with E-state index in [0.29, 0.717) is 12.1 Å². The van der Waals surface area contributed by atoms with E-state index >= 15 is 0 Å². The molecular weight excluding hydrogens is 331 g/mol. The van der Waals surface area contributed by atoms with Crippen LogP contribution in [0.25, 0.3) is 0 Å². The monoisotopic (exact) mass is 345 g/mol. The molecule has 0 unspecified atom stereocenters. The second-order valence-electron chi connectivity index (χ2n) is 4.89. The third-order valence-corrected chi connectivity index (χ3v) is 4.63. The third kappa shape index (κ3) is 4.31. The van der Waals surface area contributed by atoms with Crippen molar-refractivity contribution in [3.05, 3.63) is 65.5 Å². The lowest BCUT2D eigenvalue weighted by molar-refractivity contribution is 0.256. The second kappa shape index (κ2) is 7.12. The van der Waals surface area contributed by atoms with Gasteiger partial charge in [0.05, 0.1) is 11.5 Å². The Morgan fingerprint density at radius 1 is 1.04 bits per heavy atom. The van der Waals surface area contributed by atoms with Gasteiger partial charge in [-0.3, -0.25) is 0 Å². The van der Waals surface area contributed by atoms with E-state index in [-0.39, 0.29) is 6.42 Å². The standard InChI is InChI=1S/C15H14F3NO3S/c16-13-7-12(8-14(17)15(13)18)23(21,22)19-11(9-20)6-10-4-2-1-3-5-10/h1-5,7-8,11,19-20H,6,9H2/t11-/m0/s1. The first kappa shape index (κ1) is 17.5. The molecule has 0 amide bonds. The fourth-order valence-electron chi connectivity index (χ4n) is 2.02. The molecule has 8 heteroatoms. The zero-order valence-corrected chi connectivity index (χ0v) is 12.7. The first-order valence-corrected chi connectivity index (χ1v) is 8.13. The minimum absolute atomic E-state index is 0.183. The van der Waals surface area contributed by atoms with Gasteiger partial charge in [0.25, 0.3) is 0 Å². The molecule has 0 bridgehead atoms. The van der Waals surface area contributed by atoms with Crippen LogP contribution in [0.2, 0.25) is 0 Å². The van der Waals surface area contributed by atoms with Gasteiger partial charge in [-0.15, -0.1) is 0 Å². The van der Waals surface area contributed by atoms with Gasteiger partial charge in [-0.2, -0.15) is 0 Å². The minimum Gasteiger partial charge on any atom is -0.395 e. The Morgan fingerprint density at radius 2 is 1.61 bits per heavy atom. The number of rotatable bonds is 6. The number of benzene rings is 2. The molecule has 2 aromatic rings. The zero-order valence-electron chi connectivity index (χ0n) is 11.8. The van der Waals surface area contributed by atoms with Crippen molar-refractivity contribution in [1.29, 1.82) is 0 Å². The summed E-state index contributed by atoms with van der Waals surface area (Å²) in [5, 5.41) is 9.32. The molecule has 0 spiro atoms. The number of aliphatic hydroxyl groups excluding tert-OH is 1. The van der Waals surface area contributed by atoms with Crippen molar-refractivity contribution in [3.8, 4) is 0 Å². The van der Waals surface area contributed by atoms with Gasteiger partial charge >= 0.3 is 0 Å². The topological polar surface area (TPSA) is 66.4 Å². The summed E-state index contributed by atoms with van der Waals surface area (Å²) in [6, 6.07) is 8.66. The number of hydrogen-bond donors (Lipinski definition) is 2. The van der Waals surface area contributed by atoms with Crippen LogP contribution < -0.4 is 4.72 Å². The van der Waals surface area contributed by atoms with E-state index in [1.807, 2.05) is 0 Å². The molecule has 0 radical (unpaired) electrons. The van der Waals surface area contributed by atoms with E-state index in [2.05, 4.69) is 4.72 Å². The van der Waals surface area contributed by atoms with Gasteiger partial charge < -0.3 is 5.11 Å². The summed E-state index contributed by atoms with van der Waals surface area (Å²) < 4.78 is 65.7. The fraction of sp³-hybridized carbons (Fsp3) is 0.200. The molecular formula is C15H14F3NO3S. The smallest absolute Gasteiger partial charge is 0.241 e. The number of halogens is 3. The van der Waals surface area contributed by atoms with Gasteiger partial charge in [0.15, 0.2) is 17.5 Å². The van der Waals surface area contributed by atoms with Crippen LogP contribution in [-0.4, -0.2) is 26.2 Å². The molecule has 23 heavy (non-hydrogen) atoms. The Hall–Kier alpha value is -1.90. The minimum atomic E-state index is -4.31. The van der Waals surface area contributed by atoms with E-state index in [1.54, 1.807) is 30.3 Å². The summed E-state index contributed by atoms with van der Waals surface area (Å²) in [7, 11) is -4.31. The summed E-state index contributed by atoms with van der Waals surface area (Å²) >= 11 is 0. The lowest BCUT2D eigenvalue weighted by atomic mass is 10.1. The number of aliphatic hydroxyl groups is 1. The van der Waals surface area contributed by atoms with Crippen LogP contribution in [0.15, 0.2) is 47.4 Å². The Balaban J connectivity index is 2.22. The summed E-state index contributed by atoms with van der Waals surface area (Å²) in [6.07, 6.45) is 0.183. The zero-order chi connectivity index (χ0) is 17.0. The van der Waals surface area contributed by atoms with Crippen molar-refractivity contribution in [2.45, 2.75) is 17.4 Å². The molecule has 0 fully saturated rings. The Morgan fingerprint density at radius 3 is 2.13 bits per heavy atom. The molecule has 0 saturated heterocycles. The number of hydrogen-bond acceptors (Lipinski definition) is 3. The summed E-state index contributed by atoms with van der Waals surface area (Å²) in [5.74, 6) is -4.95. The Bertz CT molecular complexity index is 759. The molecule has 124 valence electrons. The maximum absolute atomic E-state index is 13.2. The highest BCUT2D eigenvalue weighted by atomic mass is 32.2. The molecule has 0 aliphatic rings. The van der Waals surface area contributed by atoms with Crippen molar-refractivity contribution in [2.75, 3.05) is 6.61 Å². The lowest BCUT2D eigenvalue weighted by Crippen LogP contribution is -2.39. The summed E-state index contributed by atoms with van der Waals surface area (Å²) in [5.41, 5.74) is 0.769. The van der Waals surface area contributed by atoms with E-state index in [0.717, 1.165) is 5.56 Å². The van der Waals surface area contributed by atoms with Crippen LogP contribution in [0.5, 0.6) is 0 Å². The van der Waals surface area contributed by atoms with E-state index in [4.69, 9.17) is 0 Å². The Labute approximate surface area is 131 Å². The van der Waals surface area contributed by atoms with Gasteiger partial charge in [-0.1, -0.05) is 30.3 Å². The van der Waals surface area contributed by atoms with Crippen molar-refractivity contribution < 1.29 is 26.7 Å². The molecule has 0 aromatic heterocycles. The highest BCUT2D eigenvalue weighted by Gasteiger charge is 2.23. The highest BCUT2D eigenvalue weighted by molar-refractivity contribution is 7.89. The number of sulfonamides is 1. The molecule has 4 nitrogen and oxygen atoms in total. The van der Waals surface area contributed by atoms with E-state index in [9.17, 15) is 26.7 Å². The number of nitrogens with one attached hydrogen (secondary N) is 1. The van der Waals surface area contributed by atoms with Crippen LogP contribution >= 0.6 is 0 Å². The highest BCUT2D eigenvalue weighted by Crippen LogP contribution is 2.18. The molecule has 2 rings (SSSR count). The van der Waals surface area contributed by atoms with Crippen molar-refractivity contribution in [2.24, 2.45) is 0 Å². The molecule has 0 aliphatic carbocycles. The van der Waals surface area contributed by atoms with Crippen molar-refractivity contribution in [1.82, 2.24) is 4.72 Å². The average molecular weight is 345 g/mol. The Kier molecular flexibility index (Phi) is 5.40. The van der Waals surface area contributed by atoms with E-state index < -0.39 is 45.0 Å². The van der Waals surface area contributed by atoms with Crippen LogP contribution in [0, 0.1) is 17.5 Å². The molecule has 2 aromatic carbocycles. The maximum atomic E-state index is 13.2. The predicted molar refractivity (Wildman–Crippen MR) is 77.7 cm³/mol. The first-order chi connectivity index (χ1) is 10.8. The lowest BCUT2D eigenvalue weighted by Gasteiger charge is -2.16. The van der Waals surface area contributed by atoms with Crippen LogP contribution in [0.4, 0.5) is 13.2 Å². The molecule has 0 saturated carbocycles. The molecule has 1 atom stereocenters. The summed E-state index contributed by atoms with van der Waals surface area (Å²) in [6.45, 7) is -0.514. The normalized spacial score (nSPS) is 13.0. The van der Waals surface area contributed by atoms with Gasteiger partial charge in [-0.25, -0.2) is 26.3 Å². The third-order valence-electron chi connectivity index (χ3n) is 3.13. The first-order valence-electron chi connectivity index (χ1n) is 6.65. The molecule has 0 heterocycles. The van der Waals surface area contributed by atoms with Gasteiger partial charge in [0.2, 0.25) is 10.0 Å².